The minimum absolute atomic E-state index is 0.121. The van der Waals surface area contributed by atoms with Crippen molar-refractivity contribution >= 4 is 23.5 Å². The quantitative estimate of drug-likeness (QED) is 0.582. The summed E-state index contributed by atoms with van der Waals surface area (Å²) in [5.74, 6) is 0.416. The topological polar surface area (TPSA) is 60.7 Å². The summed E-state index contributed by atoms with van der Waals surface area (Å²) in [6.45, 7) is 0. The van der Waals surface area contributed by atoms with Crippen molar-refractivity contribution in [1.29, 1.82) is 0 Å². The highest BCUT2D eigenvalue weighted by Gasteiger charge is 2.12. The Bertz CT molecular complexity index is 621. The molecule has 0 saturated carbocycles. The number of pyridine rings is 1. The van der Waals surface area contributed by atoms with Gasteiger partial charge < -0.3 is 4.74 Å². The number of hydrogen-bond donors (Lipinski definition) is 0. The maximum atomic E-state index is 11.8. The molecule has 2 rings (SSSR count). The Kier molecular flexibility index (Phi) is 2.62. The number of nitrogens with zero attached hydrogens (tertiary/aromatic N) is 2. The molecule has 0 aliphatic heterocycles. The number of carbonyl (C=O) groups is 1. The average Bonchev–Trinajstić information content (AvgIpc) is 2.29. The minimum Gasteiger partial charge on any atom is -0.493 e. The van der Waals surface area contributed by atoms with E-state index in [4.69, 9.17) is 16.3 Å². The van der Waals surface area contributed by atoms with E-state index in [0.717, 1.165) is 0 Å². The van der Waals surface area contributed by atoms with Crippen molar-refractivity contribution in [3.8, 4) is 5.75 Å². The number of carbonyl (C=O) groups excluding carboxylic acids is 1. The number of aldehydes is 1. The van der Waals surface area contributed by atoms with E-state index in [9.17, 15) is 9.59 Å². The summed E-state index contributed by atoms with van der Waals surface area (Å²) in [6.07, 6.45) is 1.89. The number of ether oxygens (including phenoxy) is 1. The Balaban J connectivity index is 2.97. The number of hydrogen-bond acceptors (Lipinski definition) is 4. The molecule has 2 aromatic heterocycles. The lowest BCUT2D eigenvalue weighted by Gasteiger charge is -2.06. The van der Waals surface area contributed by atoms with Gasteiger partial charge >= 0.3 is 0 Å². The maximum absolute atomic E-state index is 11.8. The number of aromatic nitrogens is 2. The van der Waals surface area contributed by atoms with Gasteiger partial charge in [0.2, 0.25) is 0 Å². The lowest BCUT2D eigenvalue weighted by molar-refractivity contribution is 0.112. The van der Waals surface area contributed by atoms with E-state index in [1.807, 2.05) is 0 Å². The third-order valence-electron chi connectivity index (χ3n) is 2.14. The van der Waals surface area contributed by atoms with E-state index < -0.39 is 5.56 Å². The Hall–Kier alpha value is -1.88. The molecular formula is C10H7ClN2O3. The van der Waals surface area contributed by atoms with Crippen molar-refractivity contribution in [2.45, 2.75) is 0 Å². The minimum atomic E-state index is -0.510. The van der Waals surface area contributed by atoms with Gasteiger partial charge in [0, 0.05) is 6.20 Å². The van der Waals surface area contributed by atoms with Crippen LogP contribution in [-0.2, 0) is 0 Å². The molecular weight excluding hydrogens is 232 g/mol. The van der Waals surface area contributed by atoms with Crippen LogP contribution in [0.5, 0.6) is 5.75 Å². The van der Waals surface area contributed by atoms with Gasteiger partial charge in [-0.25, -0.2) is 4.98 Å². The standard InChI is InChI=1S/C10H7ClN2O3/c1-16-7-3-2-4-13-9(7)12-8(11)6(5-14)10(13)15/h2-5H,1H3. The van der Waals surface area contributed by atoms with Crippen LogP contribution in [0, 0.1) is 0 Å². The van der Waals surface area contributed by atoms with E-state index in [1.54, 1.807) is 12.1 Å². The number of methoxy groups -OCH3 is 1. The highest BCUT2D eigenvalue weighted by molar-refractivity contribution is 6.31. The maximum Gasteiger partial charge on any atom is 0.270 e. The smallest absolute Gasteiger partial charge is 0.270 e. The third-order valence-corrected chi connectivity index (χ3v) is 2.43. The Morgan fingerprint density at radius 1 is 1.56 bits per heavy atom. The molecule has 0 amide bonds. The third kappa shape index (κ3) is 1.45. The lowest BCUT2D eigenvalue weighted by atomic mass is 10.3. The zero-order valence-corrected chi connectivity index (χ0v) is 9.06. The number of halogens is 1. The van der Waals surface area contributed by atoms with E-state index in [2.05, 4.69) is 4.98 Å². The van der Waals surface area contributed by atoms with Crippen molar-refractivity contribution in [3.05, 3.63) is 39.4 Å². The van der Waals surface area contributed by atoms with Crippen LogP contribution in [0.15, 0.2) is 23.1 Å². The summed E-state index contributed by atoms with van der Waals surface area (Å²) in [4.78, 5) is 26.4. The summed E-state index contributed by atoms with van der Waals surface area (Å²) in [6, 6.07) is 3.27. The Labute approximate surface area is 95.2 Å². The first kappa shape index (κ1) is 10.6. The summed E-state index contributed by atoms with van der Waals surface area (Å²) in [5.41, 5.74) is -0.387. The molecule has 0 N–H and O–H groups in total. The summed E-state index contributed by atoms with van der Waals surface area (Å²) in [5, 5.41) is -0.121. The van der Waals surface area contributed by atoms with Gasteiger partial charge in [0.1, 0.15) is 10.7 Å². The Morgan fingerprint density at radius 2 is 2.31 bits per heavy atom. The monoisotopic (exact) mass is 238 g/mol. The lowest BCUT2D eigenvalue weighted by Crippen LogP contribution is -2.20. The van der Waals surface area contributed by atoms with Crippen LogP contribution in [0.4, 0.5) is 0 Å². The molecule has 16 heavy (non-hydrogen) atoms. The molecule has 0 radical (unpaired) electrons. The predicted octanol–water partition coefficient (Wildman–Crippen LogP) is 1.17. The molecule has 5 nitrogen and oxygen atoms in total. The molecule has 0 bridgehead atoms. The van der Waals surface area contributed by atoms with E-state index in [1.165, 1.54) is 17.7 Å². The molecule has 82 valence electrons. The van der Waals surface area contributed by atoms with Crippen LogP contribution in [-0.4, -0.2) is 22.8 Å². The van der Waals surface area contributed by atoms with E-state index in [0.29, 0.717) is 12.0 Å². The Morgan fingerprint density at radius 3 is 2.94 bits per heavy atom. The first-order chi connectivity index (χ1) is 7.69. The fourth-order valence-corrected chi connectivity index (χ4v) is 1.59. The van der Waals surface area contributed by atoms with Crippen molar-refractivity contribution in [2.75, 3.05) is 7.11 Å². The predicted molar refractivity (Wildman–Crippen MR) is 58.4 cm³/mol. The molecule has 0 atom stereocenters. The van der Waals surface area contributed by atoms with E-state index in [-0.39, 0.29) is 16.4 Å². The highest BCUT2D eigenvalue weighted by atomic mass is 35.5. The molecule has 0 aromatic carbocycles. The van der Waals surface area contributed by atoms with Crippen molar-refractivity contribution in [3.63, 3.8) is 0 Å². The van der Waals surface area contributed by atoms with Gasteiger partial charge in [-0.05, 0) is 12.1 Å². The second kappa shape index (κ2) is 3.94. The molecule has 0 aliphatic carbocycles. The van der Waals surface area contributed by atoms with E-state index >= 15 is 0 Å². The van der Waals surface area contributed by atoms with Crippen LogP contribution in [0.1, 0.15) is 10.4 Å². The van der Waals surface area contributed by atoms with Crippen LogP contribution >= 0.6 is 11.6 Å². The zero-order valence-electron chi connectivity index (χ0n) is 8.31. The fraction of sp³-hybridized carbons (Fsp3) is 0.100. The number of fused-ring (bicyclic) bond motifs is 1. The summed E-state index contributed by atoms with van der Waals surface area (Å²) >= 11 is 5.73. The molecule has 6 heteroatoms. The zero-order chi connectivity index (χ0) is 11.7. The molecule has 0 aliphatic rings. The fourth-order valence-electron chi connectivity index (χ4n) is 1.38. The van der Waals surface area contributed by atoms with Crippen LogP contribution in [0.25, 0.3) is 5.65 Å². The SMILES string of the molecule is COc1cccn2c(=O)c(C=O)c(Cl)nc12. The second-order valence-corrected chi connectivity index (χ2v) is 3.37. The average molecular weight is 239 g/mol. The van der Waals surface area contributed by atoms with Gasteiger partial charge in [-0.3, -0.25) is 14.0 Å². The summed E-state index contributed by atoms with van der Waals surface area (Å²) < 4.78 is 6.26. The van der Waals surface area contributed by atoms with Gasteiger partial charge in [-0.15, -0.1) is 0 Å². The van der Waals surface area contributed by atoms with Gasteiger partial charge in [-0.2, -0.15) is 0 Å². The molecule has 2 heterocycles. The van der Waals surface area contributed by atoms with Gasteiger partial charge in [0.25, 0.3) is 5.56 Å². The molecule has 2 aromatic rings. The van der Waals surface area contributed by atoms with Gasteiger partial charge in [-0.1, -0.05) is 11.6 Å². The van der Waals surface area contributed by atoms with Crippen molar-refractivity contribution < 1.29 is 9.53 Å². The number of rotatable bonds is 2. The van der Waals surface area contributed by atoms with Crippen molar-refractivity contribution in [2.24, 2.45) is 0 Å². The second-order valence-electron chi connectivity index (χ2n) is 3.01. The normalized spacial score (nSPS) is 10.4. The summed E-state index contributed by atoms with van der Waals surface area (Å²) in [7, 11) is 1.46. The van der Waals surface area contributed by atoms with Crippen LogP contribution in [0.3, 0.4) is 0 Å². The van der Waals surface area contributed by atoms with Gasteiger partial charge in [0.05, 0.1) is 7.11 Å². The molecule has 0 spiro atoms. The first-order valence-corrected chi connectivity index (χ1v) is 4.77. The largest absolute Gasteiger partial charge is 0.493 e. The van der Waals surface area contributed by atoms with Gasteiger partial charge in [0.15, 0.2) is 17.7 Å². The highest BCUT2D eigenvalue weighted by Crippen LogP contribution is 2.18. The van der Waals surface area contributed by atoms with Crippen molar-refractivity contribution in [1.82, 2.24) is 9.38 Å². The molecule has 0 saturated heterocycles. The molecule has 0 unspecified atom stereocenters. The molecule has 0 fully saturated rings. The van der Waals surface area contributed by atoms with Crippen LogP contribution < -0.4 is 10.3 Å². The van der Waals surface area contributed by atoms with Crippen LogP contribution in [0.2, 0.25) is 5.15 Å². The first-order valence-electron chi connectivity index (χ1n) is 4.39.